The molecule has 1 aliphatic rings. The molecule has 0 bridgehead atoms. The summed E-state index contributed by atoms with van der Waals surface area (Å²) in [6.07, 6.45) is 5.44. The molecule has 4 rings (SSSR count). The molecule has 3 aromatic rings. The molecule has 0 aromatic heterocycles. The highest BCUT2D eigenvalue weighted by Gasteiger charge is 2.37. The largest absolute Gasteiger partial charge is 0.497 e. The molecule has 0 radical (unpaired) electrons. The van der Waals surface area contributed by atoms with Gasteiger partial charge in [-0.1, -0.05) is 61.0 Å². The number of methoxy groups -OCH3 is 2. The molecule has 0 saturated carbocycles. The lowest BCUT2D eigenvalue weighted by Crippen LogP contribution is -2.33. The average molecular weight is 488 g/mol. The van der Waals surface area contributed by atoms with Crippen molar-refractivity contribution in [3.8, 4) is 11.5 Å². The average Bonchev–Trinajstić information content (AvgIpc) is 3.49. The minimum atomic E-state index is -0.788. The lowest BCUT2D eigenvalue weighted by molar-refractivity contribution is -0.120. The number of hydrogen-bond donors (Lipinski definition) is 1. The third-order valence-corrected chi connectivity index (χ3v) is 7.01. The molecule has 1 N–H and O–H groups in total. The second-order valence-corrected chi connectivity index (χ2v) is 9.28. The smallest absolute Gasteiger partial charge is 0.149 e. The molecule has 36 heavy (non-hydrogen) atoms. The Hall–Kier alpha value is -3.15. The van der Waals surface area contributed by atoms with Crippen LogP contribution in [0.15, 0.2) is 78.9 Å². The summed E-state index contributed by atoms with van der Waals surface area (Å²) >= 11 is 0. The molecular weight excluding hydrogens is 450 g/mol. The number of unbranched alkanes of at least 4 members (excludes halogenated alkanes) is 2. The normalized spacial score (nSPS) is 15.6. The molecule has 5 heteroatoms. The Labute approximate surface area is 214 Å². The molecule has 0 unspecified atom stereocenters. The SMILES string of the molecule is COc1ccc(C(OCCCCCC(=O)[C@@H]2CCCN2)(c2ccccc2)c2ccc(OC)cc2)cc1. The fraction of sp³-hybridized carbons (Fsp3) is 0.387. The number of ether oxygens (including phenoxy) is 3. The van der Waals surface area contributed by atoms with Crippen molar-refractivity contribution in [1.29, 1.82) is 0 Å². The molecule has 5 nitrogen and oxygen atoms in total. The Morgan fingerprint density at radius 1 is 0.806 bits per heavy atom. The third-order valence-electron chi connectivity index (χ3n) is 7.01. The second kappa shape index (κ2) is 12.7. The van der Waals surface area contributed by atoms with Crippen LogP contribution in [0.4, 0.5) is 0 Å². The van der Waals surface area contributed by atoms with Crippen LogP contribution in [0, 0.1) is 0 Å². The van der Waals surface area contributed by atoms with Gasteiger partial charge in [0.15, 0.2) is 0 Å². The molecule has 1 aliphatic heterocycles. The zero-order chi connectivity index (χ0) is 25.2. The van der Waals surface area contributed by atoms with Crippen molar-refractivity contribution in [2.45, 2.75) is 50.2 Å². The van der Waals surface area contributed by atoms with Crippen molar-refractivity contribution in [1.82, 2.24) is 5.32 Å². The van der Waals surface area contributed by atoms with Crippen molar-refractivity contribution >= 4 is 5.78 Å². The highest BCUT2D eigenvalue weighted by molar-refractivity contribution is 5.84. The first-order chi connectivity index (χ1) is 17.7. The summed E-state index contributed by atoms with van der Waals surface area (Å²) in [4.78, 5) is 12.4. The maximum Gasteiger partial charge on any atom is 0.149 e. The van der Waals surface area contributed by atoms with Gasteiger partial charge in [-0.15, -0.1) is 0 Å². The van der Waals surface area contributed by atoms with E-state index in [-0.39, 0.29) is 6.04 Å². The van der Waals surface area contributed by atoms with Gasteiger partial charge >= 0.3 is 0 Å². The van der Waals surface area contributed by atoms with E-state index in [9.17, 15) is 4.79 Å². The first kappa shape index (κ1) is 25.9. The van der Waals surface area contributed by atoms with Crippen LogP contribution in [0.25, 0.3) is 0 Å². The predicted molar refractivity (Wildman–Crippen MR) is 143 cm³/mol. The fourth-order valence-electron chi connectivity index (χ4n) is 5.01. The van der Waals surface area contributed by atoms with Crippen LogP contribution in [0.3, 0.4) is 0 Å². The fourth-order valence-corrected chi connectivity index (χ4v) is 5.01. The highest BCUT2D eigenvalue weighted by Crippen LogP contribution is 2.41. The van der Waals surface area contributed by atoms with Gasteiger partial charge in [0.1, 0.15) is 22.9 Å². The van der Waals surface area contributed by atoms with Crippen LogP contribution in [0.5, 0.6) is 11.5 Å². The Kier molecular flexibility index (Phi) is 9.15. The van der Waals surface area contributed by atoms with Gasteiger partial charge in [-0.05, 0) is 73.2 Å². The number of hydrogen-bond acceptors (Lipinski definition) is 5. The van der Waals surface area contributed by atoms with Gasteiger partial charge in [0.25, 0.3) is 0 Å². The Bertz CT molecular complexity index is 1030. The quantitative estimate of drug-likeness (QED) is 0.241. The van der Waals surface area contributed by atoms with Crippen molar-refractivity contribution in [2.75, 3.05) is 27.4 Å². The van der Waals surface area contributed by atoms with Crippen LogP contribution in [-0.4, -0.2) is 39.2 Å². The minimum absolute atomic E-state index is 0.0668. The van der Waals surface area contributed by atoms with Crippen molar-refractivity contribution in [2.24, 2.45) is 0 Å². The Morgan fingerprint density at radius 3 is 1.92 bits per heavy atom. The molecular formula is C31H37NO4. The molecule has 0 aliphatic carbocycles. The van der Waals surface area contributed by atoms with Crippen LogP contribution in [0.2, 0.25) is 0 Å². The van der Waals surface area contributed by atoms with Crippen LogP contribution in [0.1, 0.15) is 55.2 Å². The molecule has 1 heterocycles. The maximum absolute atomic E-state index is 12.4. The van der Waals surface area contributed by atoms with Gasteiger partial charge in [0, 0.05) is 13.0 Å². The van der Waals surface area contributed by atoms with Crippen molar-refractivity contribution in [3.05, 3.63) is 95.6 Å². The number of Topliss-reactive ketones (excluding diaryl/α,β-unsaturated/α-hetero) is 1. The Balaban J connectivity index is 1.55. The molecule has 1 atom stereocenters. The predicted octanol–water partition coefficient (Wildman–Crippen LogP) is 5.89. The van der Waals surface area contributed by atoms with Crippen LogP contribution >= 0.6 is 0 Å². The second-order valence-electron chi connectivity index (χ2n) is 9.28. The van der Waals surface area contributed by atoms with E-state index in [1.54, 1.807) is 14.2 Å². The lowest BCUT2D eigenvalue weighted by Gasteiger charge is -2.36. The van der Waals surface area contributed by atoms with E-state index >= 15 is 0 Å². The molecule has 0 amide bonds. The summed E-state index contributed by atoms with van der Waals surface area (Å²) in [5.41, 5.74) is 2.33. The third kappa shape index (κ3) is 5.97. The van der Waals surface area contributed by atoms with Crippen LogP contribution in [-0.2, 0) is 15.1 Å². The van der Waals surface area contributed by atoms with E-state index in [2.05, 4.69) is 41.7 Å². The van der Waals surface area contributed by atoms with Crippen molar-refractivity contribution < 1.29 is 19.0 Å². The minimum Gasteiger partial charge on any atom is -0.497 e. The molecule has 190 valence electrons. The molecule has 3 aromatic carbocycles. The van der Waals surface area contributed by atoms with Gasteiger partial charge in [-0.25, -0.2) is 0 Å². The van der Waals surface area contributed by atoms with E-state index in [4.69, 9.17) is 14.2 Å². The maximum atomic E-state index is 12.4. The zero-order valence-electron chi connectivity index (χ0n) is 21.4. The topological polar surface area (TPSA) is 56.8 Å². The summed E-state index contributed by atoms with van der Waals surface area (Å²) in [7, 11) is 3.35. The summed E-state index contributed by atoms with van der Waals surface area (Å²) in [5.74, 6) is 1.96. The first-order valence-corrected chi connectivity index (χ1v) is 12.9. The number of rotatable bonds is 13. The molecule has 0 spiro atoms. The molecule has 1 saturated heterocycles. The Morgan fingerprint density at radius 2 is 1.39 bits per heavy atom. The monoisotopic (exact) mass is 487 g/mol. The molecule has 1 fully saturated rings. The van der Waals surface area contributed by atoms with Crippen molar-refractivity contribution in [3.63, 3.8) is 0 Å². The summed E-state index contributed by atoms with van der Waals surface area (Å²) in [5, 5.41) is 3.31. The summed E-state index contributed by atoms with van der Waals surface area (Å²) in [6, 6.07) is 26.6. The van der Waals surface area contributed by atoms with E-state index in [1.807, 2.05) is 42.5 Å². The lowest BCUT2D eigenvalue weighted by atomic mass is 9.80. The number of benzene rings is 3. The standard InChI is InChI=1S/C31H37NO4/c1-34-27-18-14-25(15-19-27)31(24-10-5-3-6-11-24,26-16-20-28(35-2)21-17-26)36-23-8-4-7-13-30(33)29-12-9-22-32-29/h3,5-6,10-11,14-21,29,32H,4,7-9,12-13,22-23H2,1-2H3/t29-/m0/s1. The number of nitrogens with one attached hydrogen (secondary N) is 1. The summed E-state index contributed by atoms with van der Waals surface area (Å²) < 4.78 is 17.7. The van der Waals surface area contributed by atoms with E-state index in [0.717, 1.165) is 66.8 Å². The van der Waals surface area contributed by atoms with Crippen LogP contribution < -0.4 is 14.8 Å². The van der Waals surface area contributed by atoms with E-state index in [1.165, 1.54) is 0 Å². The summed E-state index contributed by atoms with van der Waals surface area (Å²) in [6.45, 7) is 1.53. The highest BCUT2D eigenvalue weighted by atomic mass is 16.5. The number of ketones is 1. The first-order valence-electron chi connectivity index (χ1n) is 12.9. The van der Waals surface area contributed by atoms with Gasteiger partial charge in [0.05, 0.1) is 20.3 Å². The number of carbonyl (C=O) groups excluding carboxylic acids is 1. The zero-order valence-corrected chi connectivity index (χ0v) is 21.4. The van der Waals surface area contributed by atoms with E-state index < -0.39 is 5.60 Å². The van der Waals surface area contributed by atoms with Gasteiger partial charge in [-0.3, -0.25) is 4.79 Å². The number of carbonyl (C=O) groups is 1. The van der Waals surface area contributed by atoms with Gasteiger partial charge in [-0.2, -0.15) is 0 Å². The van der Waals surface area contributed by atoms with Gasteiger partial charge in [0.2, 0.25) is 0 Å². The van der Waals surface area contributed by atoms with E-state index in [0.29, 0.717) is 18.8 Å². The van der Waals surface area contributed by atoms with Gasteiger partial charge < -0.3 is 19.5 Å².